The van der Waals surface area contributed by atoms with Gasteiger partial charge in [-0.15, -0.1) is 0 Å². The van der Waals surface area contributed by atoms with E-state index in [4.69, 9.17) is 22.3 Å². The molecule has 20 heavy (non-hydrogen) atoms. The van der Waals surface area contributed by atoms with Crippen LogP contribution in [0, 0.1) is 5.41 Å². The minimum atomic E-state index is -3.97. The molecule has 0 bridgehead atoms. The van der Waals surface area contributed by atoms with Crippen molar-refractivity contribution in [2.45, 2.75) is 32.1 Å². The zero-order valence-corrected chi connectivity index (χ0v) is 13.9. The van der Waals surface area contributed by atoms with Gasteiger partial charge in [-0.25, -0.2) is 8.42 Å². The second-order valence-electron chi connectivity index (χ2n) is 5.65. The van der Waals surface area contributed by atoms with Crippen molar-refractivity contribution >= 4 is 37.2 Å². The number of benzene rings is 1. The minimum absolute atomic E-state index is 0.00811. The van der Waals surface area contributed by atoms with Crippen LogP contribution in [0.3, 0.4) is 0 Å². The third-order valence-electron chi connectivity index (χ3n) is 2.62. The van der Waals surface area contributed by atoms with E-state index in [0.29, 0.717) is 6.54 Å². The summed E-state index contributed by atoms with van der Waals surface area (Å²) in [5.74, 6) is -0.354. The molecule has 0 saturated carbocycles. The zero-order chi connectivity index (χ0) is 15.6. The Morgan fingerprint density at radius 1 is 1.30 bits per heavy atom. The number of amides is 1. The van der Waals surface area contributed by atoms with Gasteiger partial charge in [-0.3, -0.25) is 4.79 Å². The number of hydrogen-bond acceptors (Lipinski definition) is 3. The van der Waals surface area contributed by atoms with Gasteiger partial charge in [-0.2, -0.15) is 0 Å². The molecule has 0 heterocycles. The molecule has 4 nitrogen and oxygen atoms in total. The molecule has 0 aromatic heterocycles. The van der Waals surface area contributed by atoms with Gasteiger partial charge >= 0.3 is 0 Å². The van der Waals surface area contributed by atoms with Crippen LogP contribution in [0.2, 0.25) is 5.02 Å². The second-order valence-corrected chi connectivity index (χ2v) is 8.59. The normalized spacial score (nSPS) is 12.2. The van der Waals surface area contributed by atoms with E-state index in [1.54, 1.807) is 0 Å². The van der Waals surface area contributed by atoms with Crippen LogP contribution >= 0.6 is 22.3 Å². The fraction of sp³-hybridized carbons (Fsp3) is 0.462. The summed E-state index contributed by atoms with van der Waals surface area (Å²) in [7, 11) is 1.29. The predicted octanol–water partition coefficient (Wildman–Crippen LogP) is 3.43. The van der Waals surface area contributed by atoms with Crippen molar-refractivity contribution in [3.05, 3.63) is 28.8 Å². The van der Waals surface area contributed by atoms with Crippen LogP contribution in [0.15, 0.2) is 23.1 Å². The van der Waals surface area contributed by atoms with E-state index < -0.39 is 9.05 Å². The smallest absolute Gasteiger partial charge is 0.262 e. The summed E-state index contributed by atoms with van der Waals surface area (Å²) >= 11 is 5.75. The maximum atomic E-state index is 11.9. The highest BCUT2D eigenvalue weighted by atomic mass is 35.7. The SMILES string of the molecule is CC(C)(C)CCNC(=O)c1ccc(Cl)c(S(=O)(=O)Cl)c1. The topological polar surface area (TPSA) is 63.2 Å². The predicted molar refractivity (Wildman–Crippen MR) is 80.9 cm³/mol. The van der Waals surface area contributed by atoms with Crippen molar-refractivity contribution in [1.29, 1.82) is 0 Å². The first kappa shape index (κ1) is 17.3. The molecule has 1 N–H and O–H groups in total. The van der Waals surface area contributed by atoms with Gasteiger partial charge in [0.15, 0.2) is 0 Å². The second kappa shape index (κ2) is 6.33. The van der Waals surface area contributed by atoms with Crippen molar-refractivity contribution < 1.29 is 13.2 Å². The average molecular weight is 338 g/mol. The summed E-state index contributed by atoms with van der Waals surface area (Å²) in [5, 5.41) is 2.73. The van der Waals surface area contributed by atoms with Crippen LogP contribution in [0.5, 0.6) is 0 Å². The maximum absolute atomic E-state index is 11.9. The van der Waals surface area contributed by atoms with Crippen molar-refractivity contribution in [3.63, 3.8) is 0 Å². The molecule has 0 aliphatic rings. The number of carbonyl (C=O) groups is 1. The molecular weight excluding hydrogens is 321 g/mol. The van der Waals surface area contributed by atoms with Gasteiger partial charge in [0.2, 0.25) is 0 Å². The highest BCUT2D eigenvalue weighted by Gasteiger charge is 2.18. The molecule has 112 valence electrons. The lowest BCUT2D eigenvalue weighted by Gasteiger charge is -2.18. The Morgan fingerprint density at radius 3 is 2.40 bits per heavy atom. The number of rotatable bonds is 4. The Balaban J connectivity index is 2.85. The van der Waals surface area contributed by atoms with E-state index in [-0.39, 0.29) is 26.8 Å². The summed E-state index contributed by atoms with van der Waals surface area (Å²) in [6.07, 6.45) is 0.812. The summed E-state index contributed by atoms with van der Waals surface area (Å²) in [4.78, 5) is 11.7. The molecular formula is C13H17Cl2NO3S. The molecule has 0 fully saturated rings. The molecule has 0 aliphatic carbocycles. The number of hydrogen-bond donors (Lipinski definition) is 1. The third-order valence-corrected chi connectivity index (χ3v) is 4.42. The molecule has 1 aromatic carbocycles. The third kappa shape index (κ3) is 5.31. The first-order valence-electron chi connectivity index (χ1n) is 6.03. The van der Waals surface area contributed by atoms with Crippen LogP contribution < -0.4 is 5.32 Å². The molecule has 0 unspecified atom stereocenters. The van der Waals surface area contributed by atoms with Gasteiger partial charge in [0, 0.05) is 22.8 Å². The lowest BCUT2D eigenvalue weighted by molar-refractivity contribution is 0.0949. The van der Waals surface area contributed by atoms with Crippen molar-refractivity contribution in [1.82, 2.24) is 5.32 Å². The standard InChI is InChI=1S/C13H17Cl2NO3S/c1-13(2,3)6-7-16-12(17)9-4-5-10(14)11(8-9)20(15,18)19/h4-5,8H,6-7H2,1-3H3,(H,16,17). The fourth-order valence-corrected chi connectivity index (χ4v) is 2.98. The summed E-state index contributed by atoms with van der Waals surface area (Å²) < 4.78 is 22.6. The first-order valence-corrected chi connectivity index (χ1v) is 8.72. The quantitative estimate of drug-likeness (QED) is 0.856. The average Bonchev–Trinajstić information content (AvgIpc) is 2.26. The number of halogens is 2. The number of carbonyl (C=O) groups excluding carboxylic acids is 1. The van der Waals surface area contributed by atoms with E-state index in [9.17, 15) is 13.2 Å². The Bertz CT molecular complexity index is 607. The summed E-state index contributed by atoms with van der Waals surface area (Å²) in [5.41, 5.74) is 0.320. The molecule has 7 heteroatoms. The van der Waals surface area contributed by atoms with Gasteiger partial charge < -0.3 is 5.32 Å². The largest absolute Gasteiger partial charge is 0.352 e. The Kier molecular flexibility index (Phi) is 5.46. The first-order chi connectivity index (χ1) is 9.00. The molecule has 0 atom stereocenters. The van der Waals surface area contributed by atoms with Crippen molar-refractivity contribution in [3.8, 4) is 0 Å². The molecule has 0 saturated heterocycles. The highest BCUT2D eigenvalue weighted by Crippen LogP contribution is 2.25. The monoisotopic (exact) mass is 337 g/mol. The molecule has 1 rings (SSSR count). The molecule has 1 amide bonds. The van der Waals surface area contributed by atoms with Crippen LogP contribution in [0.4, 0.5) is 0 Å². The molecule has 1 aromatic rings. The lowest BCUT2D eigenvalue weighted by atomic mass is 9.92. The van der Waals surface area contributed by atoms with Crippen LogP contribution in [0.1, 0.15) is 37.6 Å². The molecule has 0 spiro atoms. The summed E-state index contributed by atoms with van der Waals surface area (Å²) in [6.45, 7) is 6.72. The van der Waals surface area contributed by atoms with Gasteiger partial charge in [0.25, 0.3) is 15.0 Å². The van der Waals surface area contributed by atoms with Gasteiger partial charge in [0.05, 0.1) is 5.02 Å². The van der Waals surface area contributed by atoms with Crippen LogP contribution in [-0.2, 0) is 9.05 Å². The lowest BCUT2D eigenvalue weighted by Crippen LogP contribution is -2.27. The van der Waals surface area contributed by atoms with E-state index in [0.717, 1.165) is 6.42 Å². The summed E-state index contributed by atoms with van der Waals surface area (Å²) in [6, 6.07) is 3.98. The van der Waals surface area contributed by atoms with Crippen molar-refractivity contribution in [2.75, 3.05) is 6.54 Å². The van der Waals surface area contributed by atoms with E-state index in [1.165, 1.54) is 18.2 Å². The minimum Gasteiger partial charge on any atom is -0.352 e. The fourth-order valence-electron chi connectivity index (χ4n) is 1.48. The Hall–Kier alpha value is -0.780. The molecule has 0 radical (unpaired) electrons. The number of nitrogens with one attached hydrogen (secondary N) is 1. The van der Waals surface area contributed by atoms with E-state index >= 15 is 0 Å². The van der Waals surface area contributed by atoms with Gasteiger partial charge in [-0.05, 0) is 30.0 Å². The zero-order valence-electron chi connectivity index (χ0n) is 11.5. The Morgan fingerprint density at radius 2 is 1.90 bits per heavy atom. The van der Waals surface area contributed by atoms with E-state index in [1.807, 2.05) is 0 Å². The van der Waals surface area contributed by atoms with Crippen molar-refractivity contribution in [2.24, 2.45) is 5.41 Å². The highest BCUT2D eigenvalue weighted by molar-refractivity contribution is 8.13. The molecule has 0 aliphatic heterocycles. The van der Waals surface area contributed by atoms with Crippen LogP contribution in [0.25, 0.3) is 0 Å². The van der Waals surface area contributed by atoms with Crippen LogP contribution in [-0.4, -0.2) is 20.9 Å². The van der Waals surface area contributed by atoms with Gasteiger partial charge in [-0.1, -0.05) is 32.4 Å². The van der Waals surface area contributed by atoms with Gasteiger partial charge in [0.1, 0.15) is 4.90 Å². The Labute approximate surface area is 128 Å². The maximum Gasteiger partial charge on any atom is 0.262 e. The van der Waals surface area contributed by atoms with E-state index in [2.05, 4.69) is 26.1 Å².